The molecule has 8 nitrogen and oxygen atoms in total. The predicted molar refractivity (Wildman–Crippen MR) is 125 cm³/mol. The molecule has 170 valence electrons. The van der Waals surface area contributed by atoms with Crippen LogP contribution in [0.3, 0.4) is 0 Å². The molecule has 2 aliphatic rings. The predicted octanol–water partition coefficient (Wildman–Crippen LogP) is 2.87. The van der Waals surface area contributed by atoms with Gasteiger partial charge in [0.25, 0.3) is 10.0 Å². The van der Waals surface area contributed by atoms with E-state index in [1.807, 2.05) is 30.3 Å². The highest BCUT2D eigenvalue weighted by Crippen LogP contribution is 2.33. The lowest BCUT2D eigenvalue weighted by molar-refractivity contribution is 0.241. The van der Waals surface area contributed by atoms with Gasteiger partial charge in [-0.3, -0.25) is 4.90 Å². The van der Waals surface area contributed by atoms with E-state index in [4.69, 9.17) is 5.73 Å². The van der Waals surface area contributed by atoms with Crippen molar-refractivity contribution in [2.24, 2.45) is 16.1 Å². The van der Waals surface area contributed by atoms with E-state index >= 15 is 0 Å². The second-order valence-electron chi connectivity index (χ2n) is 9.36. The fourth-order valence-electron chi connectivity index (χ4n) is 3.90. The third-order valence-electron chi connectivity index (χ3n) is 5.62. The van der Waals surface area contributed by atoms with Gasteiger partial charge >= 0.3 is 6.03 Å². The average molecular weight is 456 g/mol. The van der Waals surface area contributed by atoms with Gasteiger partial charge in [0.15, 0.2) is 0 Å². The summed E-state index contributed by atoms with van der Waals surface area (Å²) < 4.78 is 27.8. The van der Waals surface area contributed by atoms with Crippen LogP contribution in [-0.2, 0) is 16.4 Å². The smallest absolute Gasteiger partial charge is 0.321 e. The SMILES string of the molecule is CC(C)(C)CNC(=O)N1CCc2cc(S(=O)(=O)N3C[C@H](c4ccccc4)N=C3N)ccc21. The molecule has 9 heteroatoms. The number of hydrogen-bond donors (Lipinski definition) is 2. The molecule has 4 rings (SSSR count). The van der Waals surface area contributed by atoms with Crippen molar-refractivity contribution in [2.45, 2.75) is 38.1 Å². The second-order valence-corrected chi connectivity index (χ2v) is 11.2. The molecule has 0 aliphatic carbocycles. The summed E-state index contributed by atoms with van der Waals surface area (Å²) in [6, 6.07) is 13.9. The van der Waals surface area contributed by atoms with Gasteiger partial charge in [0.1, 0.15) is 0 Å². The molecule has 0 spiro atoms. The normalized spacial score (nSPS) is 18.5. The Hall–Kier alpha value is -3.07. The van der Waals surface area contributed by atoms with Gasteiger partial charge in [0.2, 0.25) is 5.96 Å². The molecule has 0 saturated carbocycles. The van der Waals surface area contributed by atoms with Gasteiger partial charge in [-0.2, -0.15) is 0 Å². The minimum Gasteiger partial charge on any atom is -0.369 e. The molecule has 2 heterocycles. The molecule has 0 aromatic heterocycles. The molecule has 0 fully saturated rings. The van der Waals surface area contributed by atoms with Gasteiger partial charge in [-0.15, -0.1) is 0 Å². The van der Waals surface area contributed by atoms with Crippen LogP contribution in [-0.4, -0.2) is 44.3 Å². The zero-order chi connectivity index (χ0) is 23.1. The van der Waals surface area contributed by atoms with Crippen LogP contribution in [0, 0.1) is 5.41 Å². The van der Waals surface area contributed by atoms with Crippen molar-refractivity contribution in [3.05, 3.63) is 59.7 Å². The van der Waals surface area contributed by atoms with Crippen LogP contribution in [0.4, 0.5) is 10.5 Å². The van der Waals surface area contributed by atoms with Gasteiger partial charge < -0.3 is 11.1 Å². The summed E-state index contributed by atoms with van der Waals surface area (Å²) in [7, 11) is -3.86. The Labute approximate surface area is 189 Å². The van der Waals surface area contributed by atoms with Crippen LogP contribution in [0.5, 0.6) is 0 Å². The summed E-state index contributed by atoms with van der Waals surface area (Å²) in [5, 5.41) is 2.95. The highest BCUT2D eigenvalue weighted by molar-refractivity contribution is 7.89. The molecule has 0 unspecified atom stereocenters. The van der Waals surface area contributed by atoms with E-state index in [9.17, 15) is 13.2 Å². The van der Waals surface area contributed by atoms with E-state index in [0.29, 0.717) is 19.5 Å². The molecule has 32 heavy (non-hydrogen) atoms. The number of guanidine groups is 1. The van der Waals surface area contributed by atoms with Crippen molar-refractivity contribution in [3.8, 4) is 0 Å². The van der Waals surface area contributed by atoms with Gasteiger partial charge in [-0.25, -0.2) is 22.5 Å². The minimum atomic E-state index is -3.86. The monoisotopic (exact) mass is 455 g/mol. The minimum absolute atomic E-state index is 0.0115. The number of anilines is 1. The standard InChI is InChI=1S/C23H29N5O3S/c1-23(2,3)15-25-22(29)27-12-11-17-13-18(9-10-20(17)27)32(30,31)28-14-19(26-21(28)24)16-7-5-4-6-8-16/h4-10,13,19H,11-12,14-15H2,1-3H3,(H2,24,26)(H,25,29)/t19-/m1/s1. The molecule has 0 saturated heterocycles. The molecule has 1 atom stereocenters. The molecule has 2 aromatic carbocycles. The number of benzene rings is 2. The summed E-state index contributed by atoms with van der Waals surface area (Å²) in [5.74, 6) is -0.0115. The first-order chi connectivity index (χ1) is 15.1. The zero-order valence-electron chi connectivity index (χ0n) is 18.6. The van der Waals surface area contributed by atoms with Gasteiger partial charge in [-0.1, -0.05) is 51.1 Å². The third-order valence-corrected chi connectivity index (χ3v) is 7.38. The van der Waals surface area contributed by atoms with Crippen molar-refractivity contribution < 1.29 is 13.2 Å². The summed E-state index contributed by atoms with van der Waals surface area (Å²) >= 11 is 0. The van der Waals surface area contributed by atoms with E-state index in [0.717, 1.165) is 21.1 Å². The molecular weight excluding hydrogens is 426 g/mol. The van der Waals surface area contributed by atoms with Crippen LogP contribution in [0.15, 0.2) is 58.4 Å². The highest BCUT2D eigenvalue weighted by Gasteiger charge is 2.35. The van der Waals surface area contributed by atoms with Crippen molar-refractivity contribution in [1.29, 1.82) is 0 Å². The largest absolute Gasteiger partial charge is 0.369 e. The molecule has 2 aromatic rings. The van der Waals surface area contributed by atoms with Gasteiger partial charge in [0, 0.05) is 18.8 Å². The lowest BCUT2D eigenvalue weighted by atomic mass is 9.97. The van der Waals surface area contributed by atoms with Gasteiger partial charge in [0.05, 0.1) is 17.5 Å². The number of nitrogens with zero attached hydrogens (tertiary/aromatic N) is 3. The Bertz CT molecular complexity index is 1160. The summed E-state index contributed by atoms with van der Waals surface area (Å²) in [4.78, 5) is 18.8. The topological polar surface area (TPSA) is 108 Å². The number of carbonyl (C=O) groups is 1. The van der Waals surface area contributed by atoms with E-state index in [1.165, 1.54) is 6.07 Å². The number of carbonyl (C=O) groups excluding carboxylic acids is 1. The van der Waals surface area contributed by atoms with Crippen molar-refractivity contribution in [3.63, 3.8) is 0 Å². The third kappa shape index (κ3) is 4.29. The number of urea groups is 1. The first kappa shape index (κ1) is 22.1. The lowest BCUT2D eigenvalue weighted by Gasteiger charge is -2.23. The maximum Gasteiger partial charge on any atom is 0.321 e. The Morgan fingerprint density at radius 3 is 2.59 bits per heavy atom. The Morgan fingerprint density at radius 1 is 1.19 bits per heavy atom. The number of nitrogens with two attached hydrogens (primary N) is 1. The number of rotatable bonds is 4. The lowest BCUT2D eigenvalue weighted by Crippen LogP contribution is -2.42. The second kappa shape index (κ2) is 8.12. The molecular formula is C23H29N5O3S. The van der Waals surface area contributed by atoms with Crippen LogP contribution in [0.1, 0.15) is 37.9 Å². The Morgan fingerprint density at radius 2 is 1.91 bits per heavy atom. The van der Waals surface area contributed by atoms with Crippen molar-refractivity contribution in [2.75, 3.05) is 24.5 Å². The maximum atomic E-state index is 13.3. The van der Waals surface area contributed by atoms with Crippen LogP contribution in [0.25, 0.3) is 0 Å². The maximum absolute atomic E-state index is 13.3. The van der Waals surface area contributed by atoms with Crippen LogP contribution in [0.2, 0.25) is 0 Å². The van der Waals surface area contributed by atoms with Crippen LogP contribution >= 0.6 is 0 Å². The van der Waals surface area contributed by atoms with E-state index in [-0.39, 0.29) is 34.9 Å². The highest BCUT2D eigenvalue weighted by atomic mass is 32.2. The molecule has 0 radical (unpaired) electrons. The Balaban J connectivity index is 1.53. The number of amides is 2. The molecule has 2 aliphatic heterocycles. The summed E-state index contributed by atoms with van der Waals surface area (Å²) in [6.07, 6.45) is 0.595. The molecule has 0 bridgehead atoms. The first-order valence-electron chi connectivity index (χ1n) is 10.7. The number of nitrogens with one attached hydrogen (secondary N) is 1. The zero-order valence-corrected chi connectivity index (χ0v) is 19.4. The van der Waals surface area contributed by atoms with Crippen molar-refractivity contribution >= 4 is 27.7 Å². The number of sulfonamides is 1. The van der Waals surface area contributed by atoms with E-state index in [2.05, 4.69) is 31.1 Å². The van der Waals surface area contributed by atoms with Gasteiger partial charge in [-0.05, 0) is 41.2 Å². The molecule has 2 amide bonds. The molecule has 3 N–H and O–H groups in total. The fourth-order valence-corrected chi connectivity index (χ4v) is 5.32. The van der Waals surface area contributed by atoms with E-state index < -0.39 is 10.0 Å². The van der Waals surface area contributed by atoms with E-state index in [1.54, 1.807) is 17.0 Å². The quantitative estimate of drug-likeness (QED) is 0.739. The summed E-state index contributed by atoms with van der Waals surface area (Å²) in [5.41, 5.74) is 8.46. The van der Waals surface area contributed by atoms with Crippen molar-refractivity contribution in [1.82, 2.24) is 9.62 Å². The van der Waals surface area contributed by atoms with Crippen LogP contribution < -0.4 is 16.0 Å². The average Bonchev–Trinajstić information content (AvgIpc) is 3.35. The fraction of sp³-hybridized carbons (Fsp3) is 0.391. The number of aliphatic imine (C=N–C) groups is 1. The first-order valence-corrected chi connectivity index (χ1v) is 12.1. The number of hydrogen-bond acceptors (Lipinski definition) is 5. The Kier molecular flexibility index (Phi) is 5.62. The summed E-state index contributed by atoms with van der Waals surface area (Å²) in [6.45, 7) is 7.39. The number of fused-ring (bicyclic) bond motifs is 1.